The number of hydrogen-bond acceptors (Lipinski definition) is 4. The van der Waals surface area contributed by atoms with Crippen molar-refractivity contribution in [1.29, 1.82) is 0 Å². The fourth-order valence-corrected chi connectivity index (χ4v) is 1.04. The number of ether oxygens (including phenoxy) is 1. The molecule has 0 bridgehead atoms. The Bertz CT molecular complexity index is 510. The number of carbonyl (C=O) groups excluding carboxylic acids is 1. The van der Waals surface area contributed by atoms with Gasteiger partial charge in [0.15, 0.2) is 0 Å². The van der Waals surface area contributed by atoms with Gasteiger partial charge in [-0.15, -0.1) is 0 Å². The van der Waals surface area contributed by atoms with Crippen LogP contribution in [-0.2, 0) is 4.74 Å². The molecule has 0 fully saturated rings. The van der Waals surface area contributed by atoms with Crippen molar-refractivity contribution in [2.75, 3.05) is 13.7 Å². The molecule has 0 amide bonds. The van der Waals surface area contributed by atoms with E-state index in [1.165, 1.54) is 13.3 Å². The monoisotopic (exact) mass is 230 g/mol. The molecule has 0 aromatic carbocycles. The van der Waals surface area contributed by atoms with Gasteiger partial charge < -0.3 is 4.74 Å². The zero-order chi connectivity index (χ0) is 12.5. The van der Waals surface area contributed by atoms with Gasteiger partial charge in [0.1, 0.15) is 5.69 Å². The van der Waals surface area contributed by atoms with Crippen LogP contribution >= 0.6 is 0 Å². The second-order valence-corrected chi connectivity index (χ2v) is 2.93. The Morgan fingerprint density at radius 3 is 3.24 bits per heavy atom. The zero-order valence-electron chi connectivity index (χ0n) is 9.25. The lowest BCUT2D eigenvalue weighted by Gasteiger charge is -1.97. The van der Waals surface area contributed by atoms with Crippen LogP contribution in [-0.4, -0.2) is 24.6 Å². The Kier molecular flexibility index (Phi) is 5.08. The first-order valence-electron chi connectivity index (χ1n) is 4.82. The highest BCUT2D eigenvalue weighted by atomic mass is 16.5. The SMILES string of the molecule is COC(=O)c1cc(C#CCCN=[N+]=[N-])ccn1. The van der Waals surface area contributed by atoms with Gasteiger partial charge in [0.25, 0.3) is 0 Å². The number of carbonyl (C=O) groups is 1. The molecule has 1 heterocycles. The van der Waals surface area contributed by atoms with E-state index in [-0.39, 0.29) is 5.69 Å². The number of esters is 1. The average Bonchev–Trinajstić information content (AvgIpc) is 2.38. The number of methoxy groups -OCH3 is 1. The predicted molar refractivity (Wildman–Crippen MR) is 61.1 cm³/mol. The summed E-state index contributed by atoms with van der Waals surface area (Å²) in [5.41, 5.74) is 8.94. The second-order valence-electron chi connectivity index (χ2n) is 2.93. The number of nitrogens with zero attached hydrogens (tertiary/aromatic N) is 4. The molecule has 1 aromatic heterocycles. The smallest absolute Gasteiger partial charge is 0.356 e. The van der Waals surface area contributed by atoms with Crippen LogP contribution in [0.2, 0.25) is 0 Å². The molecular weight excluding hydrogens is 220 g/mol. The molecular formula is C11H10N4O2. The fraction of sp³-hybridized carbons (Fsp3) is 0.273. The number of rotatable bonds is 3. The van der Waals surface area contributed by atoms with Crippen LogP contribution in [0, 0.1) is 11.8 Å². The standard InChI is InChI=1S/C11H10N4O2/c1-17-11(16)10-8-9(5-7-13-10)4-2-3-6-14-15-12/h5,7-8H,3,6H2,1H3. The number of pyridine rings is 1. The summed E-state index contributed by atoms with van der Waals surface area (Å²) in [4.78, 5) is 17.7. The molecule has 6 heteroatoms. The Labute approximate surface area is 98.2 Å². The van der Waals surface area contributed by atoms with E-state index < -0.39 is 5.97 Å². The zero-order valence-corrected chi connectivity index (χ0v) is 9.25. The van der Waals surface area contributed by atoms with E-state index in [1.807, 2.05) is 0 Å². The van der Waals surface area contributed by atoms with Crippen LogP contribution in [0.4, 0.5) is 0 Å². The van der Waals surface area contributed by atoms with Crippen LogP contribution < -0.4 is 0 Å². The lowest BCUT2D eigenvalue weighted by molar-refractivity contribution is 0.0594. The van der Waals surface area contributed by atoms with Crippen molar-refractivity contribution < 1.29 is 9.53 Å². The van der Waals surface area contributed by atoms with Gasteiger partial charge in [-0.3, -0.25) is 0 Å². The minimum atomic E-state index is -0.497. The highest BCUT2D eigenvalue weighted by Crippen LogP contribution is 2.01. The molecule has 17 heavy (non-hydrogen) atoms. The van der Waals surface area contributed by atoms with Crippen LogP contribution in [0.5, 0.6) is 0 Å². The van der Waals surface area contributed by atoms with Gasteiger partial charge in [-0.05, 0) is 17.7 Å². The predicted octanol–water partition coefficient (Wildman–Crippen LogP) is 1.92. The van der Waals surface area contributed by atoms with Crippen LogP contribution in [0.15, 0.2) is 23.4 Å². The molecule has 0 aliphatic carbocycles. The molecule has 0 aliphatic heterocycles. The third-order valence-electron chi connectivity index (χ3n) is 1.79. The van der Waals surface area contributed by atoms with Gasteiger partial charge in [-0.1, -0.05) is 17.0 Å². The molecule has 1 aromatic rings. The Hall–Kier alpha value is -2.51. The van der Waals surface area contributed by atoms with E-state index >= 15 is 0 Å². The minimum Gasteiger partial charge on any atom is -0.464 e. The summed E-state index contributed by atoms with van der Waals surface area (Å²) in [7, 11) is 1.29. The molecule has 0 aliphatic rings. The Balaban J connectivity index is 2.71. The first kappa shape index (κ1) is 12.6. The van der Waals surface area contributed by atoms with E-state index in [4.69, 9.17) is 5.53 Å². The van der Waals surface area contributed by atoms with Crippen molar-refractivity contribution in [3.05, 3.63) is 40.0 Å². The fourth-order valence-electron chi connectivity index (χ4n) is 1.04. The van der Waals surface area contributed by atoms with E-state index in [0.717, 1.165) is 0 Å². The maximum absolute atomic E-state index is 11.2. The van der Waals surface area contributed by atoms with Crippen molar-refractivity contribution in [3.63, 3.8) is 0 Å². The van der Waals surface area contributed by atoms with Gasteiger partial charge in [0.2, 0.25) is 0 Å². The van der Waals surface area contributed by atoms with Crippen molar-refractivity contribution in [2.45, 2.75) is 6.42 Å². The third-order valence-corrected chi connectivity index (χ3v) is 1.79. The summed E-state index contributed by atoms with van der Waals surface area (Å²) in [6.07, 6.45) is 1.96. The summed E-state index contributed by atoms with van der Waals surface area (Å²) < 4.78 is 4.54. The van der Waals surface area contributed by atoms with Gasteiger partial charge in [-0.2, -0.15) is 0 Å². The minimum absolute atomic E-state index is 0.217. The van der Waals surface area contributed by atoms with E-state index in [2.05, 4.69) is 31.6 Å². The van der Waals surface area contributed by atoms with E-state index in [1.54, 1.807) is 12.1 Å². The number of azide groups is 1. The third kappa shape index (κ3) is 4.24. The molecule has 1 rings (SSSR count). The van der Waals surface area contributed by atoms with Crippen molar-refractivity contribution in [1.82, 2.24) is 4.98 Å². The molecule has 0 N–H and O–H groups in total. The molecule has 6 nitrogen and oxygen atoms in total. The highest BCUT2D eigenvalue weighted by Gasteiger charge is 2.05. The maximum Gasteiger partial charge on any atom is 0.356 e. The van der Waals surface area contributed by atoms with Gasteiger partial charge in [0, 0.05) is 29.6 Å². The van der Waals surface area contributed by atoms with Gasteiger partial charge in [0.05, 0.1) is 7.11 Å². The lowest BCUT2D eigenvalue weighted by Crippen LogP contribution is -2.03. The van der Waals surface area contributed by atoms with Crippen molar-refractivity contribution >= 4 is 5.97 Å². The van der Waals surface area contributed by atoms with Crippen LogP contribution in [0.3, 0.4) is 0 Å². The summed E-state index contributed by atoms with van der Waals surface area (Å²) in [6, 6.07) is 3.24. The summed E-state index contributed by atoms with van der Waals surface area (Å²) in [5, 5.41) is 3.35. The molecule has 0 saturated heterocycles. The van der Waals surface area contributed by atoms with Gasteiger partial charge in [-0.25, -0.2) is 9.78 Å². The topological polar surface area (TPSA) is 88.0 Å². The number of hydrogen-bond donors (Lipinski definition) is 0. The summed E-state index contributed by atoms with van der Waals surface area (Å²) in [5.74, 6) is 5.17. The van der Waals surface area contributed by atoms with Crippen molar-refractivity contribution in [2.24, 2.45) is 5.11 Å². The molecule has 0 saturated carbocycles. The average molecular weight is 230 g/mol. The quantitative estimate of drug-likeness (QED) is 0.198. The van der Waals surface area contributed by atoms with E-state index in [0.29, 0.717) is 18.5 Å². The maximum atomic E-state index is 11.2. The van der Waals surface area contributed by atoms with Crippen LogP contribution in [0.25, 0.3) is 10.4 Å². The largest absolute Gasteiger partial charge is 0.464 e. The molecule has 0 atom stereocenters. The first-order valence-corrected chi connectivity index (χ1v) is 4.82. The Morgan fingerprint density at radius 2 is 2.53 bits per heavy atom. The Morgan fingerprint density at radius 1 is 1.71 bits per heavy atom. The summed E-state index contributed by atoms with van der Waals surface area (Å²) in [6.45, 7) is 0.332. The normalized spacial score (nSPS) is 8.53. The number of aromatic nitrogens is 1. The summed E-state index contributed by atoms with van der Waals surface area (Å²) >= 11 is 0. The molecule has 0 spiro atoms. The van der Waals surface area contributed by atoms with E-state index in [9.17, 15) is 4.79 Å². The van der Waals surface area contributed by atoms with Crippen LogP contribution in [0.1, 0.15) is 22.5 Å². The highest BCUT2D eigenvalue weighted by molar-refractivity contribution is 5.87. The van der Waals surface area contributed by atoms with Crippen molar-refractivity contribution in [3.8, 4) is 11.8 Å². The molecule has 86 valence electrons. The second kappa shape index (κ2) is 6.88. The van der Waals surface area contributed by atoms with Gasteiger partial charge >= 0.3 is 5.97 Å². The lowest BCUT2D eigenvalue weighted by atomic mass is 10.2. The molecule has 0 unspecified atom stereocenters. The first-order chi connectivity index (χ1) is 8.27. The molecule has 0 radical (unpaired) electrons.